The Morgan fingerprint density at radius 3 is 2.85 bits per heavy atom. The molecular formula is C15H12BrFN2O. The molecule has 0 N–H and O–H groups in total. The second-order valence-electron chi connectivity index (χ2n) is 4.52. The van der Waals surface area contributed by atoms with Crippen LogP contribution in [0.15, 0.2) is 41.1 Å². The molecule has 0 aliphatic rings. The van der Waals surface area contributed by atoms with E-state index in [1.54, 1.807) is 18.3 Å². The van der Waals surface area contributed by atoms with E-state index in [4.69, 9.17) is 4.74 Å². The molecule has 2 aromatic heterocycles. The summed E-state index contributed by atoms with van der Waals surface area (Å²) in [7, 11) is 1.52. The molecule has 0 saturated carbocycles. The summed E-state index contributed by atoms with van der Waals surface area (Å²) in [6.45, 7) is 1.97. The van der Waals surface area contributed by atoms with E-state index in [-0.39, 0.29) is 5.82 Å². The van der Waals surface area contributed by atoms with Gasteiger partial charge in [0.15, 0.2) is 0 Å². The minimum absolute atomic E-state index is 0.343. The second kappa shape index (κ2) is 4.90. The van der Waals surface area contributed by atoms with E-state index >= 15 is 0 Å². The molecule has 20 heavy (non-hydrogen) atoms. The molecule has 1 aromatic carbocycles. The van der Waals surface area contributed by atoms with Crippen molar-refractivity contribution in [2.24, 2.45) is 0 Å². The van der Waals surface area contributed by atoms with Gasteiger partial charge in [-0.3, -0.25) is 0 Å². The van der Waals surface area contributed by atoms with Gasteiger partial charge < -0.3 is 9.14 Å². The minimum atomic E-state index is -0.343. The van der Waals surface area contributed by atoms with Gasteiger partial charge in [0.25, 0.3) is 0 Å². The lowest BCUT2D eigenvalue weighted by Crippen LogP contribution is -1.91. The number of methoxy groups -OCH3 is 1. The van der Waals surface area contributed by atoms with Crippen LogP contribution in [-0.2, 0) is 0 Å². The normalized spacial score (nSPS) is 11.0. The van der Waals surface area contributed by atoms with Gasteiger partial charge in [0.2, 0.25) is 0 Å². The summed E-state index contributed by atoms with van der Waals surface area (Å²) in [6, 6.07) is 6.73. The van der Waals surface area contributed by atoms with Gasteiger partial charge in [-0.05, 0) is 46.6 Å². The van der Waals surface area contributed by atoms with Crippen LogP contribution >= 0.6 is 15.9 Å². The average molecular weight is 335 g/mol. The van der Waals surface area contributed by atoms with Crippen LogP contribution in [0.4, 0.5) is 4.39 Å². The highest BCUT2D eigenvalue weighted by atomic mass is 79.9. The molecule has 3 nitrogen and oxygen atoms in total. The molecule has 0 fully saturated rings. The first-order valence-electron chi connectivity index (χ1n) is 6.08. The summed E-state index contributed by atoms with van der Waals surface area (Å²) >= 11 is 3.44. The summed E-state index contributed by atoms with van der Waals surface area (Å²) in [6.07, 6.45) is 3.69. The van der Waals surface area contributed by atoms with Crippen molar-refractivity contribution in [2.45, 2.75) is 6.92 Å². The molecule has 0 radical (unpaired) electrons. The lowest BCUT2D eigenvalue weighted by Gasteiger charge is -2.06. The van der Waals surface area contributed by atoms with Crippen LogP contribution in [0.5, 0.6) is 5.75 Å². The molecule has 2 heterocycles. The predicted molar refractivity (Wildman–Crippen MR) is 79.6 cm³/mol. The van der Waals surface area contributed by atoms with Gasteiger partial charge in [0, 0.05) is 16.9 Å². The third kappa shape index (κ3) is 2.08. The Morgan fingerprint density at radius 1 is 1.30 bits per heavy atom. The second-order valence-corrected chi connectivity index (χ2v) is 5.43. The monoisotopic (exact) mass is 334 g/mol. The van der Waals surface area contributed by atoms with E-state index < -0.39 is 0 Å². The Morgan fingerprint density at radius 2 is 2.10 bits per heavy atom. The van der Waals surface area contributed by atoms with Gasteiger partial charge in [-0.25, -0.2) is 9.37 Å². The van der Waals surface area contributed by atoms with Gasteiger partial charge in [-0.1, -0.05) is 6.07 Å². The zero-order valence-corrected chi connectivity index (χ0v) is 12.6. The van der Waals surface area contributed by atoms with Gasteiger partial charge in [-0.2, -0.15) is 0 Å². The number of hydrogen-bond donors (Lipinski definition) is 0. The lowest BCUT2D eigenvalue weighted by molar-refractivity contribution is 0.413. The van der Waals surface area contributed by atoms with Crippen LogP contribution in [0.1, 0.15) is 5.56 Å². The average Bonchev–Trinajstić information content (AvgIpc) is 2.81. The summed E-state index contributed by atoms with van der Waals surface area (Å²) < 4.78 is 22.2. The molecule has 0 amide bonds. The van der Waals surface area contributed by atoms with Crippen LogP contribution in [0, 0.1) is 12.7 Å². The lowest BCUT2D eigenvalue weighted by atomic mass is 10.1. The topological polar surface area (TPSA) is 26.5 Å². The Kier molecular flexibility index (Phi) is 3.22. The maximum Gasteiger partial charge on any atom is 0.140 e. The summed E-state index contributed by atoms with van der Waals surface area (Å²) in [5.41, 5.74) is 2.75. The number of aryl methyl sites for hydroxylation is 1. The number of ether oxygens (including phenoxy) is 1. The molecule has 0 spiro atoms. The molecule has 0 aliphatic carbocycles. The summed E-state index contributed by atoms with van der Waals surface area (Å²) in [5, 5.41) is 0. The van der Waals surface area contributed by atoms with Crippen molar-refractivity contribution in [2.75, 3.05) is 7.11 Å². The zero-order valence-electron chi connectivity index (χ0n) is 11.0. The van der Waals surface area contributed by atoms with Crippen molar-refractivity contribution in [1.29, 1.82) is 0 Å². The molecule has 0 saturated heterocycles. The van der Waals surface area contributed by atoms with Crippen molar-refractivity contribution in [3.8, 4) is 17.0 Å². The van der Waals surface area contributed by atoms with Crippen molar-refractivity contribution in [3.05, 3.63) is 52.5 Å². The largest absolute Gasteiger partial charge is 0.496 e. The number of imidazole rings is 1. The number of rotatable bonds is 2. The van der Waals surface area contributed by atoms with Gasteiger partial charge in [0.1, 0.15) is 17.2 Å². The molecule has 5 heteroatoms. The number of nitrogens with zero attached hydrogens (tertiary/aromatic N) is 2. The highest BCUT2D eigenvalue weighted by Gasteiger charge is 2.15. The number of benzene rings is 1. The van der Waals surface area contributed by atoms with Gasteiger partial charge in [0.05, 0.1) is 18.4 Å². The van der Waals surface area contributed by atoms with E-state index in [9.17, 15) is 4.39 Å². The molecular weight excluding hydrogens is 323 g/mol. The fourth-order valence-electron chi connectivity index (χ4n) is 2.27. The Labute approximate surface area is 124 Å². The van der Waals surface area contributed by atoms with Crippen molar-refractivity contribution in [3.63, 3.8) is 0 Å². The Hall–Kier alpha value is -1.88. The van der Waals surface area contributed by atoms with E-state index in [0.29, 0.717) is 17.0 Å². The SMILES string of the molecule is COc1cccc(F)c1-c1cn2cc(Br)cc(C)c2n1. The van der Waals surface area contributed by atoms with Crippen LogP contribution in [0.25, 0.3) is 16.9 Å². The van der Waals surface area contributed by atoms with Crippen molar-refractivity contribution in [1.82, 2.24) is 9.38 Å². The molecule has 102 valence electrons. The third-order valence-electron chi connectivity index (χ3n) is 3.15. The van der Waals surface area contributed by atoms with E-state index in [0.717, 1.165) is 15.7 Å². The van der Waals surface area contributed by atoms with Gasteiger partial charge >= 0.3 is 0 Å². The minimum Gasteiger partial charge on any atom is -0.496 e. The molecule has 0 atom stereocenters. The molecule has 0 unspecified atom stereocenters. The number of halogens is 2. The first-order chi connectivity index (χ1) is 9.60. The zero-order chi connectivity index (χ0) is 14.3. The Balaban J connectivity index is 2.28. The number of aromatic nitrogens is 2. The maximum absolute atomic E-state index is 14.1. The van der Waals surface area contributed by atoms with Crippen molar-refractivity contribution >= 4 is 21.6 Å². The van der Waals surface area contributed by atoms with Crippen LogP contribution in [-0.4, -0.2) is 16.5 Å². The first kappa shape index (κ1) is 13.1. The van der Waals surface area contributed by atoms with Crippen LogP contribution < -0.4 is 4.74 Å². The first-order valence-corrected chi connectivity index (χ1v) is 6.87. The van der Waals surface area contributed by atoms with Crippen LogP contribution in [0.2, 0.25) is 0 Å². The molecule has 3 aromatic rings. The maximum atomic E-state index is 14.1. The van der Waals surface area contributed by atoms with E-state index in [2.05, 4.69) is 20.9 Å². The summed E-state index contributed by atoms with van der Waals surface area (Å²) in [5.74, 6) is 0.134. The van der Waals surface area contributed by atoms with Crippen LogP contribution in [0.3, 0.4) is 0 Å². The highest BCUT2D eigenvalue weighted by Crippen LogP contribution is 2.32. The van der Waals surface area contributed by atoms with E-state index in [1.165, 1.54) is 13.2 Å². The Bertz CT molecular complexity index is 798. The van der Waals surface area contributed by atoms with Crippen molar-refractivity contribution < 1.29 is 9.13 Å². The highest BCUT2D eigenvalue weighted by molar-refractivity contribution is 9.10. The fraction of sp³-hybridized carbons (Fsp3) is 0.133. The number of pyridine rings is 1. The number of hydrogen-bond acceptors (Lipinski definition) is 2. The number of fused-ring (bicyclic) bond motifs is 1. The standard InChI is InChI=1S/C15H12BrFN2O/c1-9-6-10(16)7-19-8-12(18-15(9)19)14-11(17)4-3-5-13(14)20-2/h3-8H,1-2H3. The third-order valence-corrected chi connectivity index (χ3v) is 3.59. The fourth-order valence-corrected chi connectivity index (χ4v) is 2.83. The molecule has 3 rings (SSSR count). The quantitative estimate of drug-likeness (QED) is 0.701. The van der Waals surface area contributed by atoms with Gasteiger partial charge in [-0.15, -0.1) is 0 Å². The summed E-state index contributed by atoms with van der Waals surface area (Å²) in [4.78, 5) is 4.52. The van der Waals surface area contributed by atoms with E-state index in [1.807, 2.05) is 23.6 Å². The smallest absolute Gasteiger partial charge is 0.140 e. The molecule has 0 bridgehead atoms. The molecule has 0 aliphatic heterocycles. The predicted octanol–water partition coefficient (Wildman–Crippen LogP) is 4.22.